The molecule has 0 unspecified atom stereocenters. The van der Waals surface area contributed by atoms with Gasteiger partial charge >= 0.3 is 0 Å². The molecule has 5 heteroatoms. The Balaban J connectivity index is 1.23. The Bertz CT molecular complexity index is 2950. The molecule has 1 heterocycles. The van der Waals surface area contributed by atoms with Crippen LogP contribution in [0.25, 0.3) is 54.3 Å². The van der Waals surface area contributed by atoms with Gasteiger partial charge in [0.1, 0.15) is 11.2 Å². The van der Waals surface area contributed by atoms with E-state index in [2.05, 4.69) is 107 Å². The van der Waals surface area contributed by atoms with Crippen LogP contribution >= 0.6 is 0 Å². The first-order chi connectivity index (χ1) is 26.1. The molecule has 0 bridgehead atoms. The Hall–Kier alpha value is -6.98. The van der Waals surface area contributed by atoms with Crippen molar-refractivity contribution in [2.45, 2.75) is 0 Å². The van der Waals surface area contributed by atoms with E-state index in [1.165, 1.54) is 12.1 Å². The number of hydrogen-bond donors (Lipinski definition) is 0. The van der Waals surface area contributed by atoms with Gasteiger partial charge in [0.15, 0.2) is 11.6 Å². The normalized spacial score (nSPS) is 11.6. The molecule has 0 saturated carbocycles. The second-order valence-electron chi connectivity index (χ2n) is 13.2. The zero-order valence-corrected chi connectivity index (χ0v) is 28.4. The molecule has 0 aliphatic heterocycles. The van der Waals surface area contributed by atoms with Crippen molar-refractivity contribution in [2.24, 2.45) is 0 Å². The highest BCUT2D eigenvalue weighted by atomic mass is 19.2. The molecule has 0 atom stereocenters. The van der Waals surface area contributed by atoms with Gasteiger partial charge in [0.2, 0.25) is 0 Å². The highest BCUT2D eigenvalue weighted by Gasteiger charge is 2.21. The van der Waals surface area contributed by atoms with Gasteiger partial charge in [0.25, 0.3) is 0 Å². The largest absolute Gasteiger partial charge is 0.455 e. The first kappa shape index (κ1) is 30.8. The molecule has 0 radical (unpaired) electrons. The zero-order chi connectivity index (χ0) is 35.5. The lowest BCUT2D eigenvalue weighted by Gasteiger charge is -2.29. The van der Waals surface area contributed by atoms with Crippen molar-refractivity contribution in [3.8, 4) is 0 Å². The molecule has 0 amide bonds. The zero-order valence-electron chi connectivity index (χ0n) is 28.4. The highest BCUT2D eigenvalue weighted by molar-refractivity contribution is 6.30. The standard InChI is InChI=1S/C48H30F2N2O/c49-44-27-31-22-23-37(26-32(31)28-45(44)50)52(36-17-11-16-35(29-36)51(33-12-3-1-4-13-33)34-14-5-2-6-15-34)38-24-25-40-39-18-7-8-19-41(39)47-42-20-9-10-21-46(42)53-48(47)43(40)30-38/h1-30H. The fraction of sp³-hybridized carbons (Fsp3) is 0. The summed E-state index contributed by atoms with van der Waals surface area (Å²) in [5.41, 5.74) is 7.25. The van der Waals surface area contributed by atoms with Crippen molar-refractivity contribution in [3.05, 3.63) is 194 Å². The summed E-state index contributed by atoms with van der Waals surface area (Å²) in [5.74, 6) is -1.75. The Morgan fingerprint density at radius 2 is 0.849 bits per heavy atom. The molecule has 0 spiro atoms. The summed E-state index contributed by atoms with van der Waals surface area (Å²) in [6.45, 7) is 0. The van der Waals surface area contributed by atoms with E-state index < -0.39 is 11.6 Å². The van der Waals surface area contributed by atoms with E-state index >= 15 is 0 Å². The Labute approximate surface area is 304 Å². The van der Waals surface area contributed by atoms with Gasteiger partial charge in [0, 0.05) is 50.3 Å². The number of benzene rings is 9. The van der Waals surface area contributed by atoms with Crippen LogP contribution in [-0.2, 0) is 0 Å². The SMILES string of the molecule is Fc1cc2ccc(N(c3cccc(N(c4ccccc4)c4ccccc4)c3)c3ccc4c5ccccc5c5c6ccccc6oc5c4c3)cc2cc1F. The predicted octanol–water partition coefficient (Wildman–Crippen LogP) is 14.3. The molecule has 53 heavy (non-hydrogen) atoms. The third kappa shape index (κ3) is 5.16. The molecule has 252 valence electrons. The van der Waals surface area contributed by atoms with E-state index in [-0.39, 0.29) is 0 Å². The average Bonchev–Trinajstić information content (AvgIpc) is 3.60. The van der Waals surface area contributed by atoms with Gasteiger partial charge in [-0.1, -0.05) is 97.1 Å². The maximum Gasteiger partial charge on any atom is 0.159 e. The third-order valence-electron chi connectivity index (χ3n) is 10.1. The van der Waals surface area contributed by atoms with Crippen molar-refractivity contribution in [1.29, 1.82) is 0 Å². The monoisotopic (exact) mass is 688 g/mol. The molecule has 0 N–H and O–H groups in total. The molecule has 9 aromatic carbocycles. The van der Waals surface area contributed by atoms with E-state index in [4.69, 9.17) is 4.42 Å². The van der Waals surface area contributed by atoms with Crippen molar-refractivity contribution >= 4 is 88.4 Å². The van der Waals surface area contributed by atoms with Gasteiger partial charge < -0.3 is 14.2 Å². The maximum atomic E-state index is 14.6. The van der Waals surface area contributed by atoms with Crippen LogP contribution in [0.1, 0.15) is 0 Å². The van der Waals surface area contributed by atoms with Gasteiger partial charge in [-0.25, -0.2) is 8.78 Å². The number of fused-ring (bicyclic) bond motifs is 9. The lowest BCUT2D eigenvalue weighted by atomic mass is 9.96. The molecule has 3 nitrogen and oxygen atoms in total. The molecule has 0 aliphatic carbocycles. The summed E-state index contributed by atoms with van der Waals surface area (Å²) in [6.07, 6.45) is 0. The summed E-state index contributed by atoms with van der Waals surface area (Å²) < 4.78 is 35.6. The van der Waals surface area contributed by atoms with E-state index in [9.17, 15) is 8.78 Å². The number of hydrogen-bond acceptors (Lipinski definition) is 3. The van der Waals surface area contributed by atoms with Gasteiger partial charge in [-0.15, -0.1) is 0 Å². The average molecular weight is 689 g/mol. The molecule has 10 aromatic rings. The Morgan fingerprint density at radius 3 is 1.57 bits per heavy atom. The van der Waals surface area contributed by atoms with Crippen LogP contribution < -0.4 is 9.80 Å². The summed E-state index contributed by atoms with van der Waals surface area (Å²) in [6, 6.07) is 60.3. The van der Waals surface area contributed by atoms with Crippen molar-refractivity contribution in [3.63, 3.8) is 0 Å². The van der Waals surface area contributed by atoms with Crippen LogP contribution in [0.15, 0.2) is 186 Å². The third-order valence-corrected chi connectivity index (χ3v) is 10.1. The van der Waals surface area contributed by atoms with Crippen molar-refractivity contribution in [1.82, 2.24) is 0 Å². The van der Waals surface area contributed by atoms with Crippen LogP contribution in [0.2, 0.25) is 0 Å². The number of halogens is 2. The molecule has 1 aromatic heterocycles. The summed E-state index contributed by atoms with van der Waals surface area (Å²) in [4.78, 5) is 4.40. The van der Waals surface area contributed by atoms with Gasteiger partial charge in [-0.3, -0.25) is 0 Å². The van der Waals surface area contributed by atoms with Crippen LogP contribution in [0, 0.1) is 11.6 Å². The lowest BCUT2D eigenvalue weighted by molar-refractivity contribution is 0.511. The second-order valence-corrected chi connectivity index (χ2v) is 13.2. The Morgan fingerprint density at radius 1 is 0.340 bits per heavy atom. The molecule has 0 saturated heterocycles. The second kappa shape index (κ2) is 12.4. The van der Waals surface area contributed by atoms with Crippen molar-refractivity contribution < 1.29 is 13.2 Å². The minimum absolute atomic E-state index is 0.601. The van der Waals surface area contributed by atoms with Gasteiger partial charge in [-0.2, -0.15) is 0 Å². The summed E-state index contributed by atoms with van der Waals surface area (Å²) in [5, 5.41) is 7.73. The van der Waals surface area contributed by atoms with Crippen molar-refractivity contribution in [2.75, 3.05) is 9.80 Å². The van der Waals surface area contributed by atoms with Crippen LogP contribution in [0.5, 0.6) is 0 Å². The minimum atomic E-state index is -0.880. The smallest absolute Gasteiger partial charge is 0.159 e. The first-order valence-corrected chi connectivity index (χ1v) is 17.6. The quantitative estimate of drug-likeness (QED) is 0.162. The highest BCUT2D eigenvalue weighted by Crippen LogP contribution is 2.45. The fourth-order valence-electron chi connectivity index (χ4n) is 7.72. The van der Waals surface area contributed by atoms with E-state index in [1.807, 2.05) is 72.8 Å². The molecule has 0 aliphatic rings. The molecule has 10 rings (SSSR count). The van der Waals surface area contributed by atoms with Crippen LogP contribution in [-0.4, -0.2) is 0 Å². The first-order valence-electron chi connectivity index (χ1n) is 17.6. The molecule has 0 fully saturated rings. The van der Waals surface area contributed by atoms with Gasteiger partial charge in [0.05, 0.1) is 0 Å². The molecular formula is C48H30F2N2O. The number of rotatable bonds is 6. The molecular weight excluding hydrogens is 659 g/mol. The van der Waals surface area contributed by atoms with Gasteiger partial charge in [-0.05, 0) is 112 Å². The van der Waals surface area contributed by atoms with E-state index in [0.717, 1.165) is 77.6 Å². The summed E-state index contributed by atoms with van der Waals surface area (Å²) in [7, 11) is 0. The number of anilines is 6. The number of nitrogens with zero attached hydrogens (tertiary/aromatic N) is 2. The van der Waals surface area contributed by atoms with E-state index in [0.29, 0.717) is 10.8 Å². The topological polar surface area (TPSA) is 19.6 Å². The van der Waals surface area contributed by atoms with Crippen LogP contribution in [0.3, 0.4) is 0 Å². The summed E-state index contributed by atoms with van der Waals surface area (Å²) >= 11 is 0. The van der Waals surface area contributed by atoms with E-state index in [1.54, 1.807) is 0 Å². The van der Waals surface area contributed by atoms with Crippen LogP contribution in [0.4, 0.5) is 42.9 Å². The fourth-order valence-corrected chi connectivity index (χ4v) is 7.72. The minimum Gasteiger partial charge on any atom is -0.455 e. The number of para-hydroxylation sites is 3. The maximum absolute atomic E-state index is 14.6. The number of furan rings is 1. The predicted molar refractivity (Wildman–Crippen MR) is 216 cm³/mol. The lowest BCUT2D eigenvalue weighted by Crippen LogP contribution is -2.13. The Kier molecular flexibility index (Phi) is 7.18.